The SMILES string of the molecule is COC(=O)C[C@@H]1[C@@H](O[Si](C)(C)C(C)(C)C)CCN1O[Si](C)(C)C(C)(C)C. The second kappa shape index (κ2) is 8.03. The van der Waals surface area contributed by atoms with Crippen molar-refractivity contribution in [3.05, 3.63) is 0 Å². The van der Waals surface area contributed by atoms with Crippen LogP contribution in [0.25, 0.3) is 0 Å². The zero-order valence-corrected chi connectivity index (χ0v) is 20.9. The Labute approximate surface area is 163 Å². The van der Waals surface area contributed by atoms with Gasteiger partial charge < -0.3 is 13.7 Å². The van der Waals surface area contributed by atoms with Crippen molar-refractivity contribution in [3.63, 3.8) is 0 Å². The molecule has 0 radical (unpaired) electrons. The number of carbonyl (C=O) groups excluding carboxylic acids is 1. The third-order valence-corrected chi connectivity index (χ3v) is 15.2. The lowest BCUT2D eigenvalue weighted by Gasteiger charge is -2.42. The maximum absolute atomic E-state index is 12.0. The summed E-state index contributed by atoms with van der Waals surface area (Å²) in [6, 6.07) is -0.0781. The van der Waals surface area contributed by atoms with Crippen LogP contribution in [0.15, 0.2) is 0 Å². The first-order valence-corrected chi connectivity index (χ1v) is 15.5. The molecule has 0 amide bonds. The minimum atomic E-state index is -1.97. The average Bonchev–Trinajstić information content (AvgIpc) is 2.77. The maximum atomic E-state index is 12.0. The molecule has 0 bridgehead atoms. The number of hydrogen-bond acceptors (Lipinski definition) is 5. The van der Waals surface area contributed by atoms with Crippen LogP contribution >= 0.6 is 0 Å². The van der Waals surface area contributed by atoms with Crippen LogP contribution in [-0.2, 0) is 18.5 Å². The van der Waals surface area contributed by atoms with E-state index in [1.165, 1.54) is 7.11 Å². The van der Waals surface area contributed by atoms with Crippen LogP contribution in [0.4, 0.5) is 0 Å². The van der Waals surface area contributed by atoms with Gasteiger partial charge in [0.05, 0.1) is 25.7 Å². The van der Waals surface area contributed by atoms with E-state index in [0.717, 1.165) is 13.0 Å². The van der Waals surface area contributed by atoms with Crippen molar-refractivity contribution in [3.8, 4) is 0 Å². The van der Waals surface area contributed by atoms with Crippen LogP contribution in [0.1, 0.15) is 54.4 Å². The summed E-state index contributed by atoms with van der Waals surface area (Å²) in [5.74, 6) is -0.204. The summed E-state index contributed by atoms with van der Waals surface area (Å²) in [5, 5.41) is 2.28. The number of esters is 1. The fourth-order valence-corrected chi connectivity index (χ4v) is 4.99. The summed E-state index contributed by atoms with van der Waals surface area (Å²) in [6.07, 6.45) is 1.22. The van der Waals surface area contributed by atoms with Crippen molar-refractivity contribution >= 4 is 22.6 Å². The second-order valence-corrected chi connectivity index (χ2v) is 20.0. The number of hydroxylamine groups is 2. The van der Waals surface area contributed by atoms with Gasteiger partial charge in [-0.05, 0) is 42.7 Å². The lowest BCUT2D eigenvalue weighted by molar-refractivity contribution is -0.149. The highest BCUT2D eigenvalue weighted by molar-refractivity contribution is 6.74. The summed E-state index contributed by atoms with van der Waals surface area (Å²) >= 11 is 0. The quantitative estimate of drug-likeness (QED) is 0.464. The summed E-state index contributed by atoms with van der Waals surface area (Å²) in [4.78, 5) is 12.0. The molecular formula is C19H41NO4Si2. The standard InChI is InChI=1S/C19H41NO4Si2/c1-18(2,3)25(8,9)23-16-12-13-20(15(16)14-17(21)22-7)24-26(10,11)19(4,5)6/h15-16H,12-14H2,1-11H3/t15-,16+/m1/s1. The topological polar surface area (TPSA) is 48.0 Å². The van der Waals surface area contributed by atoms with E-state index >= 15 is 0 Å². The van der Waals surface area contributed by atoms with E-state index in [-0.39, 0.29) is 28.2 Å². The average molecular weight is 404 g/mol. The minimum absolute atomic E-state index is 0.0137. The molecule has 0 N–H and O–H groups in total. The molecule has 1 saturated heterocycles. The van der Waals surface area contributed by atoms with Crippen molar-refractivity contribution in [2.45, 2.75) is 103 Å². The highest BCUT2D eigenvalue weighted by atomic mass is 28.4. The van der Waals surface area contributed by atoms with E-state index in [4.69, 9.17) is 13.7 Å². The Balaban J connectivity index is 3.02. The second-order valence-electron chi connectivity index (χ2n) is 10.5. The van der Waals surface area contributed by atoms with E-state index in [2.05, 4.69) is 67.7 Å². The van der Waals surface area contributed by atoms with Crippen LogP contribution < -0.4 is 0 Å². The molecule has 0 aromatic rings. The predicted octanol–water partition coefficient (Wildman–Crippen LogP) is 4.95. The summed E-state index contributed by atoms with van der Waals surface area (Å²) in [6.45, 7) is 23.2. The maximum Gasteiger partial charge on any atom is 0.307 e. The van der Waals surface area contributed by atoms with E-state index in [9.17, 15) is 4.79 Å². The Morgan fingerprint density at radius 2 is 1.50 bits per heavy atom. The van der Waals surface area contributed by atoms with E-state index < -0.39 is 16.6 Å². The van der Waals surface area contributed by atoms with Gasteiger partial charge in [0.15, 0.2) is 8.32 Å². The highest BCUT2D eigenvalue weighted by Crippen LogP contribution is 2.42. The molecule has 0 unspecified atom stereocenters. The van der Waals surface area contributed by atoms with Crippen LogP contribution in [0.5, 0.6) is 0 Å². The highest BCUT2D eigenvalue weighted by Gasteiger charge is 2.48. The zero-order valence-electron chi connectivity index (χ0n) is 18.9. The van der Waals surface area contributed by atoms with Gasteiger partial charge in [-0.2, -0.15) is 5.06 Å². The third-order valence-electron chi connectivity index (χ3n) is 6.44. The molecule has 154 valence electrons. The monoisotopic (exact) mass is 403 g/mol. The van der Waals surface area contributed by atoms with Gasteiger partial charge in [-0.3, -0.25) is 4.79 Å². The summed E-state index contributed by atoms with van der Waals surface area (Å²) in [7, 11) is -2.44. The molecule has 26 heavy (non-hydrogen) atoms. The molecule has 1 aliphatic rings. The normalized spacial score (nSPS) is 23.3. The van der Waals surface area contributed by atoms with Gasteiger partial charge in [-0.15, -0.1) is 0 Å². The van der Waals surface area contributed by atoms with Gasteiger partial charge in [-0.25, -0.2) is 0 Å². The van der Waals surface area contributed by atoms with Crippen molar-refractivity contribution in [2.75, 3.05) is 13.7 Å². The van der Waals surface area contributed by atoms with Crippen LogP contribution in [0.3, 0.4) is 0 Å². The lowest BCUT2D eigenvalue weighted by Crippen LogP contribution is -2.52. The number of hydrogen-bond donors (Lipinski definition) is 0. The van der Waals surface area contributed by atoms with E-state index in [1.54, 1.807) is 0 Å². The number of methoxy groups -OCH3 is 1. The molecule has 0 aromatic carbocycles. The molecule has 1 fully saturated rings. The van der Waals surface area contributed by atoms with Crippen LogP contribution in [0.2, 0.25) is 36.3 Å². The Morgan fingerprint density at radius 3 is 1.92 bits per heavy atom. The largest absolute Gasteiger partial charge is 0.469 e. The third kappa shape index (κ3) is 5.64. The fourth-order valence-electron chi connectivity index (χ4n) is 2.52. The molecular weight excluding hydrogens is 362 g/mol. The first-order valence-electron chi connectivity index (χ1n) is 9.72. The molecule has 1 aliphatic heterocycles. The van der Waals surface area contributed by atoms with Crippen molar-refractivity contribution in [1.29, 1.82) is 0 Å². The smallest absolute Gasteiger partial charge is 0.307 e. The van der Waals surface area contributed by atoms with Gasteiger partial charge in [0, 0.05) is 6.54 Å². The molecule has 7 heteroatoms. The molecule has 1 heterocycles. The molecule has 2 atom stereocenters. The Hall–Kier alpha value is -0.216. The molecule has 0 saturated carbocycles. The first-order chi connectivity index (χ1) is 11.5. The predicted molar refractivity (Wildman–Crippen MR) is 112 cm³/mol. The van der Waals surface area contributed by atoms with Gasteiger partial charge in [-0.1, -0.05) is 41.5 Å². The van der Waals surface area contributed by atoms with Gasteiger partial charge in [0.1, 0.15) is 0 Å². The van der Waals surface area contributed by atoms with Crippen molar-refractivity contribution < 1.29 is 18.5 Å². The minimum Gasteiger partial charge on any atom is -0.469 e. The van der Waals surface area contributed by atoms with Crippen LogP contribution in [-0.4, -0.2) is 53.5 Å². The number of rotatable bonds is 6. The van der Waals surface area contributed by atoms with Gasteiger partial charge in [0.2, 0.25) is 8.32 Å². The lowest BCUT2D eigenvalue weighted by atomic mass is 10.1. The number of nitrogens with zero attached hydrogens (tertiary/aromatic N) is 1. The van der Waals surface area contributed by atoms with Crippen molar-refractivity contribution in [1.82, 2.24) is 5.06 Å². The molecule has 0 aliphatic carbocycles. The summed E-state index contributed by atoms with van der Waals surface area (Å²) < 4.78 is 18.2. The molecule has 0 spiro atoms. The van der Waals surface area contributed by atoms with Crippen molar-refractivity contribution in [2.24, 2.45) is 0 Å². The Bertz CT molecular complexity index is 459. The Kier molecular flexibility index (Phi) is 7.36. The first kappa shape index (κ1) is 23.8. The molecule has 1 rings (SSSR count). The number of ether oxygens (including phenoxy) is 1. The van der Waals surface area contributed by atoms with Crippen LogP contribution in [0, 0.1) is 0 Å². The molecule has 5 nitrogen and oxygen atoms in total. The van der Waals surface area contributed by atoms with Gasteiger partial charge >= 0.3 is 5.97 Å². The number of carbonyl (C=O) groups is 1. The summed E-state index contributed by atoms with van der Waals surface area (Å²) in [5.41, 5.74) is 0. The van der Waals surface area contributed by atoms with E-state index in [1.807, 2.05) is 5.06 Å². The zero-order chi connectivity index (χ0) is 20.6. The van der Waals surface area contributed by atoms with Gasteiger partial charge in [0.25, 0.3) is 0 Å². The Morgan fingerprint density at radius 1 is 1.00 bits per heavy atom. The molecule has 0 aromatic heterocycles. The van der Waals surface area contributed by atoms with E-state index in [0.29, 0.717) is 6.42 Å². The fraction of sp³-hybridized carbons (Fsp3) is 0.947.